The van der Waals surface area contributed by atoms with Crippen molar-refractivity contribution in [2.24, 2.45) is 11.8 Å². The van der Waals surface area contributed by atoms with Gasteiger partial charge in [-0.05, 0) is 38.1 Å². The van der Waals surface area contributed by atoms with Crippen molar-refractivity contribution in [1.82, 2.24) is 9.80 Å². The molecule has 1 aliphatic heterocycles. The number of amides is 1. The van der Waals surface area contributed by atoms with Crippen molar-refractivity contribution in [3.63, 3.8) is 0 Å². The number of hydrogen-bond acceptors (Lipinski definition) is 3. The van der Waals surface area contributed by atoms with Crippen LogP contribution in [0.4, 0.5) is 0 Å². The first-order chi connectivity index (χ1) is 9.60. The molecule has 2 aliphatic rings. The molecule has 0 spiro atoms. The number of likely N-dealkylation sites (tertiary alicyclic amines) is 1. The molecule has 0 aromatic carbocycles. The van der Waals surface area contributed by atoms with Gasteiger partial charge in [-0.15, -0.1) is 0 Å². The molecule has 1 saturated heterocycles. The molecule has 2 fully saturated rings. The molecule has 0 unspecified atom stereocenters. The van der Waals surface area contributed by atoms with Crippen LogP contribution in [0.1, 0.15) is 39.0 Å². The SMILES string of the molecule is CCN(CC(=O)N1CCC(C(=O)O)CC1)CC1CCC1. The van der Waals surface area contributed by atoms with Crippen molar-refractivity contribution in [1.29, 1.82) is 0 Å². The Hall–Kier alpha value is -1.10. The topological polar surface area (TPSA) is 60.9 Å². The van der Waals surface area contributed by atoms with Crippen molar-refractivity contribution in [3.8, 4) is 0 Å². The van der Waals surface area contributed by atoms with Gasteiger partial charge in [0.15, 0.2) is 0 Å². The summed E-state index contributed by atoms with van der Waals surface area (Å²) in [7, 11) is 0. The van der Waals surface area contributed by atoms with Gasteiger partial charge >= 0.3 is 5.97 Å². The summed E-state index contributed by atoms with van der Waals surface area (Å²) in [5, 5.41) is 8.97. The summed E-state index contributed by atoms with van der Waals surface area (Å²) >= 11 is 0. The first-order valence-corrected chi connectivity index (χ1v) is 7.83. The molecule has 0 radical (unpaired) electrons. The van der Waals surface area contributed by atoms with E-state index in [-0.39, 0.29) is 11.8 Å². The lowest BCUT2D eigenvalue weighted by atomic mass is 9.85. The average Bonchev–Trinajstić information content (AvgIpc) is 2.41. The predicted molar refractivity (Wildman–Crippen MR) is 76.4 cm³/mol. The lowest BCUT2D eigenvalue weighted by Gasteiger charge is -2.34. The first-order valence-electron chi connectivity index (χ1n) is 7.83. The molecule has 1 N–H and O–H groups in total. The van der Waals surface area contributed by atoms with E-state index in [0.717, 1.165) is 19.0 Å². The lowest BCUT2D eigenvalue weighted by molar-refractivity contribution is -0.146. The molecule has 1 saturated carbocycles. The van der Waals surface area contributed by atoms with E-state index in [0.29, 0.717) is 32.5 Å². The van der Waals surface area contributed by atoms with Crippen LogP contribution in [0.3, 0.4) is 0 Å². The number of piperidine rings is 1. The van der Waals surface area contributed by atoms with Crippen LogP contribution in [-0.2, 0) is 9.59 Å². The maximum Gasteiger partial charge on any atom is 0.306 e. The summed E-state index contributed by atoms with van der Waals surface area (Å²) in [5.74, 6) is -0.0518. The molecule has 114 valence electrons. The van der Waals surface area contributed by atoms with E-state index >= 15 is 0 Å². The molecule has 5 nitrogen and oxygen atoms in total. The molecule has 20 heavy (non-hydrogen) atoms. The van der Waals surface area contributed by atoms with Gasteiger partial charge in [0.25, 0.3) is 0 Å². The third-order valence-electron chi connectivity index (χ3n) is 4.74. The van der Waals surface area contributed by atoms with E-state index in [1.165, 1.54) is 19.3 Å². The Morgan fingerprint density at radius 3 is 2.30 bits per heavy atom. The third-order valence-corrected chi connectivity index (χ3v) is 4.74. The minimum atomic E-state index is -0.725. The zero-order valence-electron chi connectivity index (χ0n) is 12.4. The van der Waals surface area contributed by atoms with E-state index in [4.69, 9.17) is 5.11 Å². The second-order valence-corrected chi connectivity index (χ2v) is 6.12. The number of carbonyl (C=O) groups is 2. The molecule has 0 bridgehead atoms. The van der Waals surface area contributed by atoms with Crippen molar-refractivity contribution in [2.45, 2.75) is 39.0 Å². The van der Waals surface area contributed by atoms with Gasteiger partial charge in [-0.3, -0.25) is 14.5 Å². The monoisotopic (exact) mass is 282 g/mol. The highest BCUT2D eigenvalue weighted by molar-refractivity contribution is 5.79. The maximum atomic E-state index is 12.3. The van der Waals surface area contributed by atoms with Crippen LogP contribution < -0.4 is 0 Å². The largest absolute Gasteiger partial charge is 0.481 e. The minimum Gasteiger partial charge on any atom is -0.481 e. The highest BCUT2D eigenvalue weighted by Gasteiger charge is 2.28. The Bertz CT molecular complexity index is 347. The molecule has 1 amide bonds. The van der Waals surface area contributed by atoms with E-state index in [1.54, 1.807) is 0 Å². The predicted octanol–water partition coefficient (Wildman–Crippen LogP) is 1.43. The van der Waals surface area contributed by atoms with Crippen LogP contribution in [-0.4, -0.2) is 59.5 Å². The van der Waals surface area contributed by atoms with Gasteiger partial charge in [0.1, 0.15) is 0 Å². The molecular formula is C15H26N2O3. The number of rotatable bonds is 6. The van der Waals surface area contributed by atoms with Gasteiger partial charge in [0.05, 0.1) is 12.5 Å². The Morgan fingerprint density at radius 2 is 1.85 bits per heavy atom. The van der Waals surface area contributed by atoms with Crippen LogP contribution in [0.15, 0.2) is 0 Å². The zero-order chi connectivity index (χ0) is 14.5. The molecular weight excluding hydrogens is 256 g/mol. The lowest BCUT2D eigenvalue weighted by Crippen LogP contribution is -2.46. The fourth-order valence-electron chi connectivity index (χ4n) is 3.01. The summed E-state index contributed by atoms with van der Waals surface area (Å²) in [4.78, 5) is 27.2. The normalized spacial score (nSPS) is 21.0. The molecule has 1 aliphatic carbocycles. The smallest absolute Gasteiger partial charge is 0.306 e. The summed E-state index contributed by atoms with van der Waals surface area (Å²) < 4.78 is 0. The van der Waals surface area contributed by atoms with Crippen molar-refractivity contribution < 1.29 is 14.7 Å². The Labute approximate surface area is 120 Å². The van der Waals surface area contributed by atoms with Gasteiger partial charge < -0.3 is 10.0 Å². The minimum absolute atomic E-state index is 0.162. The van der Waals surface area contributed by atoms with Gasteiger partial charge in [-0.25, -0.2) is 0 Å². The van der Waals surface area contributed by atoms with Gasteiger partial charge in [0, 0.05) is 19.6 Å². The first kappa shape index (κ1) is 15.3. The molecule has 0 aromatic rings. The van der Waals surface area contributed by atoms with Crippen molar-refractivity contribution in [3.05, 3.63) is 0 Å². The second-order valence-electron chi connectivity index (χ2n) is 6.12. The standard InChI is InChI=1S/C15H26N2O3/c1-2-16(10-12-4-3-5-12)11-14(18)17-8-6-13(7-9-17)15(19)20/h12-13H,2-11H2,1H3,(H,19,20). The summed E-state index contributed by atoms with van der Waals surface area (Å²) in [6.07, 6.45) is 5.12. The summed E-state index contributed by atoms with van der Waals surface area (Å²) in [6, 6.07) is 0. The number of carbonyl (C=O) groups excluding carboxylic acids is 1. The second kappa shape index (κ2) is 7.07. The van der Waals surface area contributed by atoms with Gasteiger partial charge in [0.2, 0.25) is 5.91 Å². The van der Waals surface area contributed by atoms with E-state index in [9.17, 15) is 9.59 Å². The zero-order valence-corrected chi connectivity index (χ0v) is 12.4. The fourth-order valence-corrected chi connectivity index (χ4v) is 3.01. The van der Waals surface area contributed by atoms with Gasteiger partial charge in [-0.2, -0.15) is 0 Å². The van der Waals surface area contributed by atoms with Gasteiger partial charge in [-0.1, -0.05) is 13.3 Å². The van der Waals surface area contributed by atoms with E-state index < -0.39 is 5.97 Å². The van der Waals surface area contributed by atoms with Crippen LogP contribution in [0.5, 0.6) is 0 Å². The number of likely N-dealkylation sites (N-methyl/N-ethyl adjacent to an activating group) is 1. The number of aliphatic carboxylic acids is 1. The van der Waals surface area contributed by atoms with Crippen LogP contribution >= 0.6 is 0 Å². The van der Waals surface area contributed by atoms with E-state index in [1.807, 2.05) is 4.90 Å². The fraction of sp³-hybridized carbons (Fsp3) is 0.867. The van der Waals surface area contributed by atoms with E-state index in [2.05, 4.69) is 11.8 Å². The number of carboxylic acid groups (broad SMARTS) is 1. The average molecular weight is 282 g/mol. The Kier molecular flexibility index (Phi) is 5.40. The molecule has 0 aromatic heterocycles. The van der Waals surface area contributed by atoms with Crippen molar-refractivity contribution >= 4 is 11.9 Å². The highest BCUT2D eigenvalue weighted by Crippen LogP contribution is 2.27. The van der Waals surface area contributed by atoms with Crippen LogP contribution in [0, 0.1) is 11.8 Å². The molecule has 0 atom stereocenters. The molecule has 5 heteroatoms. The summed E-state index contributed by atoms with van der Waals surface area (Å²) in [6.45, 7) is 5.72. The highest BCUT2D eigenvalue weighted by atomic mass is 16.4. The van der Waals surface area contributed by atoms with Crippen LogP contribution in [0.2, 0.25) is 0 Å². The van der Waals surface area contributed by atoms with Crippen molar-refractivity contribution in [2.75, 3.05) is 32.7 Å². The maximum absolute atomic E-state index is 12.3. The summed E-state index contributed by atoms with van der Waals surface area (Å²) in [5.41, 5.74) is 0. The number of carboxylic acids is 1. The molecule has 2 rings (SSSR count). The number of hydrogen-bond donors (Lipinski definition) is 1. The number of nitrogens with zero attached hydrogens (tertiary/aromatic N) is 2. The third kappa shape index (κ3) is 3.95. The Morgan fingerprint density at radius 1 is 1.20 bits per heavy atom. The molecule has 1 heterocycles. The Balaban J connectivity index is 1.74. The van der Waals surface area contributed by atoms with Crippen LogP contribution in [0.25, 0.3) is 0 Å². The quantitative estimate of drug-likeness (QED) is 0.800.